The molecule has 2 fully saturated rings. The Hall–Kier alpha value is -0.0800. The van der Waals surface area contributed by atoms with Crippen molar-refractivity contribution in [3.8, 4) is 0 Å². The summed E-state index contributed by atoms with van der Waals surface area (Å²) in [6.07, 6.45) is 9.03. The van der Waals surface area contributed by atoms with Crippen LogP contribution in [0.25, 0.3) is 0 Å². The fourth-order valence-electron chi connectivity index (χ4n) is 4.56. The lowest BCUT2D eigenvalue weighted by Gasteiger charge is -2.55. The van der Waals surface area contributed by atoms with E-state index in [9.17, 15) is 0 Å². The molecule has 0 radical (unpaired) electrons. The molecule has 1 aliphatic heterocycles. The lowest BCUT2D eigenvalue weighted by molar-refractivity contribution is -0.978. The van der Waals surface area contributed by atoms with Gasteiger partial charge < -0.3 is 9.96 Å². The van der Waals surface area contributed by atoms with Crippen LogP contribution in [0.1, 0.15) is 59.3 Å². The summed E-state index contributed by atoms with van der Waals surface area (Å²) in [6, 6.07) is 1.93. The average molecular weight is 227 g/mol. The number of rotatable bonds is 2. The van der Waals surface area contributed by atoms with Crippen molar-refractivity contribution in [3.63, 3.8) is 0 Å². The van der Waals surface area contributed by atoms with E-state index in [4.69, 9.17) is 0 Å². The minimum Gasteiger partial charge on any atom is -0.870 e. The highest BCUT2D eigenvalue weighted by atomic mass is 16.0. The SMILES string of the molecule is CC[N+]1(CC)C(C)CCC2CCCCC21.[OH-]. The molecule has 1 heterocycles. The quantitative estimate of drug-likeness (QED) is 0.665. The van der Waals surface area contributed by atoms with Crippen LogP contribution in [0.2, 0.25) is 0 Å². The van der Waals surface area contributed by atoms with Gasteiger partial charge in [0.25, 0.3) is 0 Å². The van der Waals surface area contributed by atoms with E-state index in [0.717, 1.165) is 18.0 Å². The zero-order valence-electron chi connectivity index (χ0n) is 11.3. The van der Waals surface area contributed by atoms with E-state index >= 15 is 0 Å². The normalized spacial score (nSPS) is 37.3. The molecule has 16 heavy (non-hydrogen) atoms. The Morgan fingerprint density at radius 2 is 1.56 bits per heavy atom. The molecule has 1 saturated carbocycles. The zero-order valence-corrected chi connectivity index (χ0v) is 11.3. The van der Waals surface area contributed by atoms with Crippen molar-refractivity contribution in [2.45, 2.75) is 71.4 Å². The summed E-state index contributed by atoms with van der Waals surface area (Å²) in [6.45, 7) is 10.0. The number of fused-ring (bicyclic) bond motifs is 1. The van der Waals surface area contributed by atoms with Gasteiger partial charge in [-0.3, -0.25) is 0 Å². The van der Waals surface area contributed by atoms with Gasteiger partial charge in [-0.2, -0.15) is 0 Å². The van der Waals surface area contributed by atoms with Gasteiger partial charge in [0, 0.05) is 5.92 Å². The monoisotopic (exact) mass is 227 g/mol. The van der Waals surface area contributed by atoms with E-state index in [1.807, 2.05) is 0 Å². The highest BCUT2D eigenvalue weighted by Crippen LogP contribution is 2.42. The Bertz CT molecular complexity index is 213. The Balaban J connectivity index is 0.00000128. The number of quaternary nitrogens is 1. The predicted octanol–water partition coefficient (Wildman–Crippen LogP) is 3.41. The highest BCUT2D eigenvalue weighted by molar-refractivity contribution is 4.82. The fraction of sp³-hybridized carbons (Fsp3) is 1.00. The van der Waals surface area contributed by atoms with Gasteiger partial charge in [0.15, 0.2) is 0 Å². The molecule has 1 aliphatic carbocycles. The van der Waals surface area contributed by atoms with Crippen molar-refractivity contribution >= 4 is 0 Å². The molecule has 1 N–H and O–H groups in total. The maximum atomic E-state index is 2.50. The van der Waals surface area contributed by atoms with Gasteiger partial charge in [-0.15, -0.1) is 0 Å². The first-order valence-electron chi connectivity index (χ1n) is 7.11. The number of likely N-dealkylation sites (tertiary alicyclic amines) is 1. The van der Waals surface area contributed by atoms with Crippen LogP contribution in [0.4, 0.5) is 0 Å². The third-order valence-corrected chi connectivity index (χ3v) is 5.54. The number of piperidine rings is 1. The Kier molecular flexibility index (Phi) is 4.81. The standard InChI is InChI=1S/C14H28N.H2O/c1-4-15(5-2)12(3)10-11-13-8-6-7-9-14(13)15;/h12-14H,4-11H2,1-3H3;1H2/q+1;/p-1. The lowest BCUT2D eigenvalue weighted by Crippen LogP contribution is -2.65. The number of nitrogens with zero attached hydrogens (tertiary/aromatic N) is 1. The van der Waals surface area contributed by atoms with Gasteiger partial charge in [0.1, 0.15) is 0 Å². The summed E-state index contributed by atoms with van der Waals surface area (Å²) in [5.41, 5.74) is 0. The molecule has 2 rings (SSSR count). The van der Waals surface area contributed by atoms with Crippen molar-refractivity contribution in [2.24, 2.45) is 5.92 Å². The zero-order chi connectivity index (χ0) is 10.9. The largest absolute Gasteiger partial charge is 0.870 e. The van der Waals surface area contributed by atoms with Crippen LogP contribution in [-0.4, -0.2) is 35.1 Å². The van der Waals surface area contributed by atoms with E-state index in [0.29, 0.717) is 0 Å². The van der Waals surface area contributed by atoms with Gasteiger partial charge in [0.05, 0.1) is 25.2 Å². The van der Waals surface area contributed by atoms with Crippen molar-refractivity contribution in [1.82, 2.24) is 0 Å². The number of hydrogen-bond donors (Lipinski definition) is 0. The molecule has 0 amide bonds. The van der Waals surface area contributed by atoms with Crippen LogP contribution in [0.3, 0.4) is 0 Å². The molecular weight excluding hydrogens is 198 g/mol. The van der Waals surface area contributed by atoms with Gasteiger partial charge in [-0.1, -0.05) is 6.42 Å². The molecule has 0 bridgehead atoms. The van der Waals surface area contributed by atoms with Crippen LogP contribution >= 0.6 is 0 Å². The summed E-state index contributed by atoms with van der Waals surface area (Å²) < 4.78 is 1.44. The van der Waals surface area contributed by atoms with E-state index in [-0.39, 0.29) is 5.48 Å². The second kappa shape index (κ2) is 5.50. The molecule has 2 aliphatic rings. The van der Waals surface area contributed by atoms with Gasteiger partial charge in [0.2, 0.25) is 0 Å². The van der Waals surface area contributed by atoms with Crippen molar-refractivity contribution < 1.29 is 9.96 Å². The molecule has 0 aromatic carbocycles. The van der Waals surface area contributed by atoms with Crippen LogP contribution in [0, 0.1) is 5.92 Å². The summed E-state index contributed by atoms with van der Waals surface area (Å²) in [5.74, 6) is 1.06. The van der Waals surface area contributed by atoms with Crippen LogP contribution < -0.4 is 0 Å². The Labute approximate surface area is 101 Å². The second-order valence-corrected chi connectivity index (χ2v) is 5.77. The predicted molar refractivity (Wildman–Crippen MR) is 67.7 cm³/mol. The van der Waals surface area contributed by atoms with Crippen molar-refractivity contribution in [2.75, 3.05) is 13.1 Å². The molecule has 0 aromatic rings. The van der Waals surface area contributed by atoms with Crippen LogP contribution in [0.5, 0.6) is 0 Å². The smallest absolute Gasteiger partial charge is 0.0920 e. The minimum absolute atomic E-state index is 0. The van der Waals surface area contributed by atoms with E-state index in [1.165, 1.54) is 56.1 Å². The molecule has 3 atom stereocenters. The number of hydrogen-bond acceptors (Lipinski definition) is 1. The summed E-state index contributed by atoms with van der Waals surface area (Å²) >= 11 is 0. The summed E-state index contributed by atoms with van der Waals surface area (Å²) in [7, 11) is 0. The fourth-order valence-corrected chi connectivity index (χ4v) is 4.56. The Morgan fingerprint density at radius 3 is 2.19 bits per heavy atom. The van der Waals surface area contributed by atoms with Crippen molar-refractivity contribution in [1.29, 1.82) is 0 Å². The van der Waals surface area contributed by atoms with E-state index < -0.39 is 0 Å². The first kappa shape index (κ1) is 14.0. The second-order valence-electron chi connectivity index (χ2n) is 5.77. The summed E-state index contributed by atoms with van der Waals surface area (Å²) in [4.78, 5) is 0. The van der Waals surface area contributed by atoms with Crippen LogP contribution in [0.15, 0.2) is 0 Å². The molecule has 0 spiro atoms. The minimum atomic E-state index is 0. The van der Waals surface area contributed by atoms with Gasteiger partial charge in [-0.25, -0.2) is 0 Å². The third kappa shape index (κ3) is 2.02. The molecule has 96 valence electrons. The van der Waals surface area contributed by atoms with E-state index in [1.54, 1.807) is 0 Å². The first-order valence-corrected chi connectivity index (χ1v) is 7.11. The van der Waals surface area contributed by atoms with Crippen molar-refractivity contribution in [3.05, 3.63) is 0 Å². The maximum Gasteiger partial charge on any atom is 0.0920 e. The first-order chi connectivity index (χ1) is 7.24. The summed E-state index contributed by atoms with van der Waals surface area (Å²) in [5, 5.41) is 0. The molecule has 1 saturated heterocycles. The van der Waals surface area contributed by atoms with Gasteiger partial charge in [-0.05, 0) is 52.9 Å². The topological polar surface area (TPSA) is 30.0 Å². The molecule has 3 unspecified atom stereocenters. The van der Waals surface area contributed by atoms with E-state index in [2.05, 4.69) is 20.8 Å². The van der Waals surface area contributed by atoms with Crippen LogP contribution in [-0.2, 0) is 0 Å². The molecule has 2 nitrogen and oxygen atoms in total. The molecule has 0 aromatic heterocycles. The molecular formula is C14H29NO. The lowest BCUT2D eigenvalue weighted by atomic mass is 9.74. The van der Waals surface area contributed by atoms with Gasteiger partial charge >= 0.3 is 0 Å². The Morgan fingerprint density at radius 1 is 0.938 bits per heavy atom. The third-order valence-electron chi connectivity index (χ3n) is 5.54. The average Bonchev–Trinajstić information content (AvgIpc) is 2.30. The highest BCUT2D eigenvalue weighted by Gasteiger charge is 2.47. The maximum absolute atomic E-state index is 2.50. The molecule has 2 heteroatoms.